The molecule has 1 aliphatic rings. The number of amides is 1. The van der Waals surface area contributed by atoms with Gasteiger partial charge >= 0.3 is 0 Å². The van der Waals surface area contributed by atoms with Crippen LogP contribution in [0.25, 0.3) is 0 Å². The summed E-state index contributed by atoms with van der Waals surface area (Å²) < 4.78 is 4.98. The molecule has 0 spiro atoms. The van der Waals surface area contributed by atoms with Crippen LogP contribution in [-0.2, 0) is 0 Å². The van der Waals surface area contributed by atoms with E-state index >= 15 is 0 Å². The summed E-state index contributed by atoms with van der Waals surface area (Å²) in [6.07, 6.45) is 4.43. The van der Waals surface area contributed by atoms with Crippen LogP contribution in [0.15, 0.2) is 22.8 Å². The molecular formula is C11H15NO3. The second-order valence-corrected chi connectivity index (χ2v) is 4.13. The van der Waals surface area contributed by atoms with Crippen LogP contribution < -0.4 is 5.32 Å². The van der Waals surface area contributed by atoms with Crippen molar-refractivity contribution in [3.8, 4) is 0 Å². The van der Waals surface area contributed by atoms with Crippen molar-refractivity contribution in [3.05, 3.63) is 24.2 Å². The van der Waals surface area contributed by atoms with Gasteiger partial charge in [0.1, 0.15) is 0 Å². The van der Waals surface area contributed by atoms with E-state index in [9.17, 15) is 4.79 Å². The molecule has 0 atom stereocenters. The lowest BCUT2D eigenvalue weighted by Crippen LogP contribution is -2.30. The first-order valence-electron chi connectivity index (χ1n) is 5.18. The van der Waals surface area contributed by atoms with Gasteiger partial charge in [0.25, 0.3) is 5.91 Å². The number of aliphatic hydroxyl groups is 1. The number of carbonyl (C=O) groups is 1. The number of hydrogen-bond donors (Lipinski definition) is 2. The highest BCUT2D eigenvalue weighted by Crippen LogP contribution is 2.47. The van der Waals surface area contributed by atoms with E-state index in [-0.39, 0.29) is 17.9 Å². The van der Waals surface area contributed by atoms with Gasteiger partial charge in [0.15, 0.2) is 5.76 Å². The molecule has 1 aliphatic carbocycles. The average molecular weight is 209 g/mol. The van der Waals surface area contributed by atoms with Crippen LogP contribution >= 0.6 is 0 Å². The summed E-state index contributed by atoms with van der Waals surface area (Å²) in [5, 5.41) is 11.7. The molecule has 0 aromatic carbocycles. The van der Waals surface area contributed by atoms with E-state index in [0.717, 1.165) is 19.3 Å². The number of carbonyl (C=O) groups excluding carboxylic acids is 1. The first-order valence-corrected chi connectivity index (χ1v) is 5.18. The standard InChI is InChI=1S/C11H15NO3/c13-6-5-11(3-4-11)8-12-10(14)9-2-1-7-15-9/h1-2,7,13H,3-6,8H2,(H,12,14). The number of aliphatic hydroxyl groups excluding tert-OH is 1. The molecule has 82 valence electrons. The van der Waals surface area contributed by atoms with Crippen LogP contribution in [0.5, 0.6) is 0 Å². The number of rotatable bonds is 5. The molecule has 0 radical (unpaired) electrons. The van der Waals surface area contributed by atoms with Crippen molar-refractivity contribution in [3.63, 3.8) is 0 Å². The van der Waals surface area contributed by atoms with E-state index in [1.54, 1.807) is 12.1 Å². The molecule has 1 heterocycles. The van der Waals surface area contributed by atoms with Gasteiger partial charge in [0.05, 0.1) is 6.26 Å². The SMILES string of the molecule is O=C(NCC1(CCO)CC1)c1ccco1. The third-order valence-corrected chi connectivity index (χ3v) is 2.97. The lowest BCUT2D eigenvalue weighted by atomic mass is 10.0. The van der Waals surface area contributed by atoms with Gasteiger partial charge in [0.2, 0.25) is 0 Å². The topological polar surface area (TPSA) is 62.5 Å². The molecule has 1 fully saturated rings. The fourth-order valence-corrected chi connectivity index (χ4v) is 1.69. The maximum absolute atomic E-state index is 11.5. The van der Waals surface area contributed by atoms with E-state index in [2.05, 4.69) is 5.32 Å². The van der Waals surface area contributed by atoms with Crippen LogP contribution in [0.4, 0.5) is 0 Å². The van der Waals surface area contributed by atoms with Gasteiger partial charge in [-0.25, -0.2) is 0 Å². The fourth-order valence-electron chi connectivity index (χ4n) is 1.69. The van der Waals surface area contributed by atoms with Gasteiger partial charge in [-0.1, -0.05) is 0 Å². The van der Waals surface area contributed by atoms with Gasteiger partial charge in [-0.15, -0.1) is 0 Å². The highest BCUT2D eigenvalue weighted by molar-refractivity contribution is 5.91. The van der Waals surface area contributed by atoms with Gasteiger partial charge in [0, 0.05) is 13.2 Å². The van der Waals surface area contributed by atoms with Crippen molar-refractivity contribution in [1.29, 1.82) is 0 Å². The van der Waals surface area contributed by atoms with Crippen LogP contribution in [0.3, 0.4) is 0 Å². The van der Waals surface area contributed by atoms with E-state index in [1.807, 2.05) is 0 Å². The quantitative estimate of drug-likeness (QED) is 0.765. The van der Waals surface area contributed by atoms with E-state index in [0.29, 0.717) is 12.3 Å². The summed E-state index contributed by atoms with van der Waals surface area (Å²) in [7, 11) is 0. The Morgan fingerprint density at radius 2 is 2.40 bits per heavy atom. The summed E-state index contributed by atoms with van der Waals surface area (Å²) in [6.45, 7) is 0.823. The van der Waals surface area contributed by atoms with E-state index < -0.39 is 0 Å². The van der Waals surface area contributed by atoms with Gasteiger partial charge in [-0.2, -0.15) is 0 Å². The maximum Gasteiger partial charge on any atom is 0.286 e. The maximum atomic E-state index is 11.5. The monoisotopic (exact) mass is 209 g/mol. The molecule has 0 bridgehead atoms. The predicted molar refractivity (Wildman–Crippen MR) is 54.4 cm³/mol. The van der Waals surface area contributed by atoms with Gasteiger partial charge in [-0.05, 0) is 36.8 Å². The molecule has 0 aliphatic heterocycles. The Morgan fingerprint density at radius 1 is 1.60 bits per heavy atom. The second kappa shape index (κ2) is 4.06. The van der Waals surface area contributed by atoms with Crippen LogP contribution in [0, 0.1) is 5.41 Å². The smallest absolute Gasteiger partial charge is 0.286 e. The van der Waals surface area contributed by atoms with Crippen molar-refractivity contribution < 1.29 is 14.3 Å². The molecule has 2 rings (SSSR count). The first kappa shape index (κ1) is 10.2. The summed E-state index contributed by atoms with van der Waals surface area (Å²) in [4.78, 5) is 11.5. The molecule has 1 amide bonds. The van der Waals surface area contributed by atoms with Gasteiger partial charge in [-0.3, -0.25) is 4.79 Å². The molecule has 0 unspecified atom stereocenters. The minimum absolute atomic E-state index is 0.150. The van der Waals surface area contributed by atoms with Crippen molar-refractivity contribution in [1.82, 2.24) is 5.32 Å². The van der Waals surface area contributed by atoms with Crippen LogP contribution in [0.2, 0.25) is 0 Å². The minimum Gasteiger partial charge on any atom is -0.459 e. The van der Waals surface area contributed by atoms with Crippen molar-refractivity contribution >= 4 is 5.91 Å². The molecule has 4 nitrogen and oxygen atoms in total. The Bertz CT molecular complexity index is 328. The Kier molecular flexibility index (Phi) is 2.77. The van der Waals surface area contributed by atoms with Crippen molar-refractivity contribution in [2.24, 2.45) is 5.41 Å². The van der Waals surface area contributed by atoms with Crippen molar-refractivity contribution in [2.75, 3.05) is 13.2 Å². The Balaban J connectivity index is 1.81. The zero-order valence-corrected chi connectivity index (χ0v) is 8.53. The fraction of sp³-hybridized carbons (Fsp3) is 0.545. The predicted octanol–water partition coefficient (Wildman–Crippen LogP) is 1.17. The highest BCUT2D eigenvalue weighted by Gasteiger charge is 2.41. The molecule has 4 heteroatoms. The second-order valence-electron chi connectivity index (χ2n) is 4.13. The summed E-state index contributed by atoms with van der Waals surface area (Å²) >= 11 is 0. The third-order valence-electron chi connectivity index (χ3n) is 2.97. The normalized spacial score (nSPS) is 17.4. The Labute approximate surface area is 88.3 Å². The molecular weight excluding hydrogens is 194 g/mol. The summed E-state index contributed by atoms with van der Waals surface area (Å²) in [6, 6.07) is 3.33. The number of nitrogens with one attached hydrogen (secondary N) is 1. The van der Waals surface area contributed by atoms with Gasteiger partial charge < -0.3 is 14.8 Å². The average Bonchev–Trinajstić information content (AvgIpc) is 2.81. The van der Waals surface area contributed by atoms with Crippen LogP contribution in [0.1, 0.15) is 29.8 Å². The molecule has 15 heavy (non-hydrogen) atoms. The summed E-state index contributed by atoms with van der Waals surface area (Å²) in [5.41, 5.74) is 0.150. The molecule has 0 saturated heterocycles. The molecule has 1 aromatic rings. The third kappa shape index (κ3) is 2.39. The minimum atomic E-state index is -0.177. The Hall–Kier alpha value is -1.29. The lowest BCUT2D eigenvalue weighted by Gasteiger charge is -2.13. The summed E-state index contributed by atoms with van der Waals surface area (Å²) in [5.74, 6) is 0.166. The zero-order valence-electron chi connectivity index (χ0n) is 8.53. The number of furan rings is 1. The van der Waals surface area contributed by atoms with Crippen LogP contribution in [-0.4, -0.2) is 24.2 Å². The number of hydrogen-bond acceptors (Lipinski definition) is 3. The largest absolute Gasteiger partial charge is 0.459 e. The van der Waals surface area contributed by atoms with Crippen molar-refractivity contribution in [2.45, 2.75) is 19.3 Å². The molecule has 2 N–H and O–H groups in total. The zero-order chi connectivity index (χ0) is 10.7. The molecule has 1 aromatic heterocycles. The first-order chi connectivity index (χ1) is 7.26. The Morgan fingerprint density at radius 3 is 2.93 bits per heavy atom. The lowest BCUT2D eigenvalue weighted by molar-refractivity contribution is 0.0913. The highest BCUT2D eigenvalue weighted by atomic mass is 16.3. The van der Waals surface area contributed by atoms with E-state index in [1.165, 1.54) is 6.26 Å². The molecule has 1 saturated carbocycles. The van der Waals surface area contributed by atoms with E-state index in [4.69, 9.17) is 9.52 Å².